The van der Waals surface area contributed by atoms with Crippen molar-refractivity contribution >= 4 is 11.6 Å². The summed E-state index contributed by atoms with van der Waals surface area (Å²) in [7, 11) is 1.59. The molecule has 0 aliphatic heterocycles. The van der Waals surface area contributed by atoms with Gasteiger partial charge in [-0.15, -0.1) is 0 Å². The van der Waals surface area contributed by atoms with Gasteiger partial charge in [0.1, 0.15) is 12.4 Å². The number of aromatic amines is 1. The van der Waals surface area contributed by atoms with E-state index in [4.69, 9.17) is 9.26 Å². The van der Waals surface area contributed by atoms with E-state index in [1.54, 1.807) is 14.0 Å². The molecule has 1 amide bonds. The number of amides is 1. The number of H-pyrrole nitrogens is 1. The monoisotopic (exact) mass is 341 g/mol. The maximum atomic E-state index is 12.3. The Morgan fingerprint density at radius 3 is 2.92 bits per heavy atom. The third-order valence-electron chi connectivity index (χ3n) is 3.74. The number of aryl methyl sites for hydroxylation is 2. The Bertz CT molecular complexity index is 865. The van der Waals surface area contributed by atoms with Crippen LogP contribution in [0.5, 0.6) is 0 Å². The van der Waals surface area contributed by atoms with E-state index in [0.29, 0.717) is 29.7 Å². The van der Waals surface area contributed by atoms with Gasteiger partial charge in [0.15, 0.2) is 11.6 Å². The lowest BCUT2D eigenvalue weighted by atomic mass is 10.1. The van der Waals surface area contributed by atoms with Gasteiger partial charge in [-0.1, -0.05) is 17.3 Å². The molecule has 8 nitrogen and oxygen atoms in total. The van der Waals surface area contributed by atoms with E-state index in [-0.39, 0.29) is 12.3 Å². The first-order valence-corrected chi connectivity index (χ1v) is 7.79. The summed E-state index contributed by atoms with van der Waals surface area (Å²) in [4.78, 5) is 16.6. The number of hydrogen-bond acceptors (Lipinski definition) is 6. The number of carbonyl (C=O) groups is 1. The second-order valence-corrected chi connectivity index (χ2v) is 5.65. The molecular formula is C17H19N5O3. The third-order valence-corrected chi connectivity index (χ3v) is 3.74. The van der Waals surface area contributed by atoms with E-state index >= 15 is 0 Å². The number of rotatable bonds is 6. The molecule has 0 fully saturated rings. The predicted molar refractivity (Wildman–Crippen MR) is 90.8 cm³/mol. The summed E-state index contributed by atoms with van der Waals surface area (Å²) in [6, 6.07) is 7.36. The lowest BCUT2D eigenvalue weighted by Crippen LogP contribution is -2.15. The Kier molecular flexibility index (Phi) is 4.90. The molecule has 130 valence electrons. The molecule has 1 aromatic carbocycles. The Hall–Kier alpha value is -3.00. The Morgan fingerprint density at radius 2 is 2.20 bits per heavy atom. The van der Waals surface area contributed by atoms with Crippen LogP contribution in [-0.2, 0) is 22.6 Å². The van der Waals surface area contributed by atoms with Gasteiger partial charge in [0.2, 0.25) is 5.91 Å². The molecule has 0 aliphatic rings. The van der Waals surface area contributed by atoms with Crippen molar-refractivity contribution in [3.63, 3.8) is 0 Å². The van der Waals surface area contributed by atoms with Crippen molar-refractivity contribution in [2.45, 2.75) is 26.9 Å². The van der Waals surface area contributed by atoms with Crippen molar-refractivity contribution in [1.29, 1.82) is 0 Å². The van der Waals surface area contributed by atoms with Gasteiger partial charge in [-0.25, -0.2) is 4.98 Å². The first-order chi connectivity index (χ1) is 12.1. The lowest BCUT2D eigenvalue weighted by molar-refractivity contribution is -0.115. The van der Waals surface area contributed by atoms with Crippen LogP contribution in [0.15, 0.2) is 28.8 Å². The van der Waals surface area contributed by atoms with Crippen LogP contribution in [0.3, 0.4) is 0 Å². The first kappa shape index (κ1) is 16.8. The largest absolute Gasteiger partial charge is 0.377 e. The number of carbonyl (C=O) groups excluding carboxylic acids is 1. The second kappa shape index (κ2) is 7.27. The van der Waals surface area contributed by atoms with Crippen molar-refractivity contribution in [3.8, 4) is 11.4 Å². The van der Waals surface area contributed by atoms with Gasteiger partial charge in [-0.2, -0.15) is 5.10 Å². The van der Waals surface area contributed by atoms with Crippen LogP contribution in [0.2, 0.25) is 0 Å². The Balaban J connectivity index is 1.71. The molecule has 0 saturated heterocycles. The normalized spacial score (nSPS) is 10.8. The highest BCUT2D eigenvalue weighted by Gasteiger charge is 2.14. The van der Waals surface area contributed by atoms with Crippen molar-refractivity contribution in [1.82, 2.24) is 20.3 Å². The van der Waals surface area contributed by atoms with E-state index in [1.165, 1.54) is 0 Å². The van der Waals surface area contributed by atoms with Gasteiger partial charge in [-0.3, -0.25) is 9.89 Å². The van der Waals surface area contributed by atoms with Gasteiger partial charge in [-0.05, 0) is 26.0 Å². The minimum absolute atomic E-state index is 0.137. The highest BCUT2D eigenvalue weighted by molar-refractivity contribution is 5.93. The molecule has 25 heavy (non-hydrogen) atoms. The van der Waals surface area contributed by atoms with Gasteiger partial charge in [0.05, 0.1) is 12.1 Å². The number of anilines is 1. The summed E-state index contributed by atoms with van der Waals surface area (Å²) < 4.78 is 10.1. The van der Waals surface area contributed by atoms with Gasteiger partial charge >= 0.3 is 0 Å². The molecule has 0 aliphatic carbocycles. The Morgan fingerprint density at radius 1 is 1.36 bits per heavy atom. The second-order valence-electron chi connectivity index (χ2n) is 5.65. The molecule has 2 aromatic heterocycles. The SMILES string of the molecule is COCc1nc(-c2cccc(NC(=O)Cc3c(C)noc3C)c2)n[nH]1. The summed E-state index contributed by atoms with van der Waals surface area (Å²) in [5.41, 5.74) is 3.01. The third kappa shape index (κ3) is 3.92. The summed E-state index contributed by atoms with van der Waals surface area (Å²) in [5, 5.41) is 13.7. The fourth-order valence-corrected chi connectivity index (χ4v) is 2.48. The Labute approximate surface area is 144 Å². The maximum absolute atomic E-state index is 12.3. The first-order valence-electron chi connectivity index (χ1n) is 7.79. The van der Waals surface area contributed by atoms with Crippen molar-refractivity contribution in [2.24, 2.45) is 0 Å². The smallest absolute Gasteiger partial charge is 0.228 e. The van der Waals surface area contributed by atoms with Crippen LogP contribution in [-0.4, -0.2) is 33.4 Å². The van der Waals surface area contributed by atoms with E-state index in [9.17, 15) is 4.79 Å². The molecule has 0 radical (unpaired) electrons. The molecule has 2 heterocycles. The summed E-state index contributed by atoms with van der Waals surface area (Å²) in [5.74, 6) is 1.72. The van der Waals surface area contributed by atoms with Crippen LogP contribution in [0.1, 0.15) is 22.8 Å². The lowest BCUT2D eigenvalue weighted by Gasteiger charge is -2.06. The van der Waals surface area contributed by atoms with E-state index in [1.807, 2.05) is 31.2 Å². The average Bonchev–Trinajstić information content (AvgIpc) is 3.18. The zero-order chi connectivity index (χ0) is 17.8. The topological polar surface area (TPSA) is 106 Å². The molecule has 0 spiro atoms. The van der Waals surface area contributed by atoms with Crippen LogP contribution < -0.4 is 5.32 Å². The summed E-state index contributed by atoms with van der Waals surface area (Å²) in [6.45, 7) is 3.98. The fourth-order valence-electron chi connectivity index (χ4n) is 2.48. The number of nitrogens with zero attached hydrogens (tertiary/aromatic N) is 3. The van der Waals surface area contributed by atoms with Crippen molar-refractivity contribution in [3.05, 3.63) is 47.1 Å². The van der Waals surface area contributed by atoms with Crippen molar-refractivity contribution < 1.29 is 14.1 Å². The maximum Gasteiger partial charge on any atom is 0.228 e. The molecule has 0 atom stereocenters. The summed E-state index contributed by atoms with van der Waals surface area (Å²) >= 11 is 0. The van der Waals surface area contributed by atoms with Gasteiger partial charge < -0.3 is 14.6 Å². The number of aromatic nitrogens is 4. The molecule has 8 heteroatoms. The van der Waals surface area contributed by atoms with Gasteiger partial charge in [0.25, 0.3) is 0 Å². The molecule has 3 aromatic rings. The molecule has 0 bridgehead atoms. The van der Waals surface area contributed by atoms with Crippen LogP contribution in [0.25, 0.3) is 11.4 Å². The molecule has 2 N–H and O–H groups in total. The predicted octanol–water partition coefficient (Wildman–Crippen LogP) is 2.40. The fraction of sp³-hybridized carbons (Fsp3) is 0.294. The van der Waals surface area contributed by atoms with E-state index < -0.39 is 0 Å². The zero-order valence-electron chi connectivity index (χ0n) is 14.3. The van der Waals surface area contributed by atoms with Crippen LogP contribution in [0, 0.1) is 13.8 Å². The summed E-state index contributed by atoms with van der Waals surface area (Å²) in [6.07, 6.45) is 0.212. The quantitative estimate of drug-likeness (QED) is 0.713. The van der Waals surface area contributed by atoms with Crippen LogP contribution >= 0.6 is 0 Å². The minimum Gasteiger partial charge on any atom is -0.377 e. The zero-order valence-corrected chi connectivity index (χ0v) is 14.3. The molecule has 3 rings (SSSR count). The number of benzene rings is 1. The van der Waals surface area contributed by atoms with E-state index in [0.717, 1.165) is 16.8 Å². The average molecular weight is 341 g/mol. The van der Waals surface area contributed by atoms with Gasteiger partial charge in [0, 0.05) is 23.9 Å². The molecular weight excluding hydrogens is 322 g/mol. The number of ether oxygens (including phenoxy) is 1. The molecule has 0 unspecified atom stereocenters. The molecule has 0 saturated carbocycles. The number of nitrogens with one attached hydrogen (secondary N) is 2. The van der Waals surface area contributed by atoms with E-state index in [2.05, 4.69) is 25.7 Å². The van der Waals surface area contributed by atoms with Crippen LogP contribution in [0.4, 0.5) is 5.69 Å². The highest BCUT2D eigenvalue weighted by atomic mass is 16.5. The highest BCUT2D eigenvalue weighted by Crippen LogP contribution is 2.20. The minimum atomic E-state index is -0.137. The van der Waals surface area contributed by atoms with Crippen molar-refractivity contribution in [2.75, 3.05) is 12.4 Å². The standard InChI is InChI=1S/C17H19N5O3/c1-10-14(11(2)25-22-10)8-16(23)18-13-6-4-5-12(7-13)17-19-15(9-24-3)20-21-17/h4-7H,8-9H2,1-3H3,(H,18,23)(H,19,20,21). The number of hydrogen-bond donors (Lipinski definition) is 2. The number of methoxy groups -OCH3 is 1.